The number of rotatable bonds is 4. The summed E-state index contributed by atoms with van der Waals surface area (Å²) in [6.45, 7) is 0.569. The summed E-state index contributed by atoms with van der Waals surface area (Å²) in [5.41, 5.74) is 1.40. The molecule has 1 heterocycles. The number of carbonyl (C=O) groups excluding carboxylic acids is 2. The number of ether oxygens (including phenoxy) is 1. The molecule has 2 aromatic carbocycles. The molecule has 1 aliphatic heterocycles. The van der Waals surface area contributed by atoms with E-state index in [2.05, 4.69) is 10.6 Å². The van der Waals surface area contributed by atoms with Gasteiger partial charge >= 0.3 is 6.03 Å². The fraction of sp³-hybridized carbons (Fsp3) is 0.263. The average molecular weight is 339 g/mol. The van der Waals surface area contributed by atoms with Crippen molar-refractivity contribution in [3.63, 3.8) is 0 Å². The molecule has 1 atom stereocenters. The maximum atomic E-state index is 12.6. The summed E-state index contributed by atoms with van der Waals surface area (Å²) in [6, 6.07) is 15.6. The van der Waals surface area contributed by atoms with Gasteiger partial charge in [-0.15, -0.1) is 0 Å². The van der Waals surface area contributed by atoms with E-state index in [1.807, 2.05) is 30.3 Å². The van der Waals surface area contributed by atoms with Crippen molar-refractivity contribution in [3.05, 3.63) is 54.6 Å². The van der Waals surface area contributed by atoms with E-state index in [0.717, 1.165) is 12.2 Å². The van der Waals surface area contributed by atoms with E-state index in [9.17, 15) is 9.59 Å². The number of methoxy groups -OCH3 is 1. The van der Waals surface area contributed by atoms with Crippen LogP contribution in [-0.4, -0.2) is 36.5 Å². The van der Waals surface area contributed by atoms with Gasteiger partial charge in [-0.3, -0.25) is 4.79 Å². The molecule has 2 aromatic rings. The number of amides is 3. The van der Waals surface area contributed by atoms with E-state index >= 15 is 0 Å². The summed E-state index contributed by atoms with van der Waals surface area (Å²) in [7, 11) is 1.59. The van der Waals surface area contributed by atoms with Crippen LogP contribution in [-0.2, 0) is 4.79 Å². The molecule has 0 aliphatic carbocycles. The summed E-state index contributed by atoms with van der Waals surface area (Å²) in [5.74, 6) is 0.550. The van der Waals surface area contributed by atoms with Gasteiger partial charge in [0.2, 0.25) is 5.91 Å². The number of benzene rings is 2. The highest BCUT2D eigenvalue weighted by Gasteiger charge is 2.34. The van der Waals surface area contributed by atoms with E-state index in [-0.39, 0.29) is 11.9 Å². The fourth-order valence-corrected chi connectivity index (χ4v) is 2.90. The number of nitrogens with zero attached hydrogens (tertiary/aromatic N) is 1. The number of likely N-dealkylation sites (tertiary alicyclic amines) is 1. The van der Waals surface area contributed by atoms with Gasteiger partial charge < -0.3 is 20.3 Å². The Balaban J connectivity index is 1.63. The third-order valence-electron chi connectivity index (χ3n) is 4.20. The zero-order valence-electron chi connectivity index (χ0n) is 14.1. The predicted molar refractivity (Wildman–Crippen MR) is 96.8 cm³/mol. The zero-order valence-corrected chi connectivity index (χ0v) is 14.1. The highest BCUT2D eigenvalue weighted by molar-refractivity contribution is 5.99. The van der Waals surface area contributed by atoms with Gasteiger partial charge in [0.1, 0.15) is 11.8 Å². The minimum atomic E-state index is -0.467. The van der Waals surface area contributed by atoms with Crippen LogP contribution in [0.4, 0.5) is 16.2 Å². The molecular weight excluding hydrogens is 318 g/mol. The molecule has 0 aromatic heterocycles. The Kier molecular flexibility index (Phi) is 5.18. The third-order valence-corrected chi connectivity index (χ3v) is 4.20. The molecule has 0 bridgehead atoms. The molecule has 3 amide bonds. The standard InChI is InChI=1S/C19H21N3O3/c1-25-16-11-9-15(10-12-16)20-18(23)17-8-5-13-22(17)19(24)21-14-6-3-2-4-7-14/h2-4,6-7,9-12,17H,5,8,13H2,1H3,(H,20,23)(H,21,24)/t17-/m0/s1. The van der Waals surface area contributed by atoms with Crippen molar-refractivity contribution in [3.8, 4) is 5.75 Å². The maximum Gasteiger partial charge on any atom is 0.322 e. The van der Waals surface area contributed by atoms with Crippen molar-refractivity contribution in [2.24, 2.45) is 0 Å². The van der Waals surface area contributed by atoms with Crippen LogP contribution in [0.25, 0.3) is 0 Å². The van der Waals surface area contributed by atoms with Crippen LogP contribution in [0.5, 0.6) is 5.75 Å². The maximum absolute atomic E-state index is 12.6. The number of hydrogen-bond acceptors (Lipinski definition) is 3. The number of anilines is 2. The van der Waals surface area contributed by atoms with Crippen molar-refractivity contribution < 1.29 is 14.3 Å². The summed E-state index contributed by atoms with van der Waals surface area (Å²) in [6.07, 6.45) is 1.47. The summed E-state index contributed by atoms with van der Waals surface area (Å²) in [4.78, 5) is 26.6. The van der Waals surface area contributed by atoms with E-state index in [1.54, 1.807) is 36.3 Å². The Morgan fingerprint density at radius 3 is 2.36 bits per heavy atom. The molecule has 1 fully saturated rings. The van der Waals surface area contributed by atoms with E-state index in [1.165, 1.54) is 0 Å². The quantitative estimate of drug-likeness (QED) is 0.897. The van der Waals surface area contributed by atoms with Gasteiger partial charge in [-0.05, 0) is 49.2 Å². The lowest BCUT2D eigenvalue weighted by Crippen LogP contribution is -2.45. The van der Waals surface area contributed by atoms with Crippen molar-refractivity contribution in [1.82, 2.24) is 4.90 Å². The Morgan fingerprint density at radius 1 is 1.00 bits per heavy atom. The fourth-order valence-electron chi connectivity index (χ4n) is 2.90. The van der Waals surface area contributed by atoms with Gasteiger partial charge in [-0.2, -0.15) is 0 Å². The largest absolute Gasteiger partial charge is 0.497 e. The van der Waals surface area contributed by atoms with Crippen LogP contribution < -0.4 is 15.4 Å². The molecule has 0 spiro atoms. The monoisotopic (exact) mass is 339 g/mol. The lowest BCUT2D eigenvalue weighted by molar-refractivity contribution is -0.119. The first-order valence-corrected chi connectivity index (χ1v) is 8.25. The first-order valence-electron chi connectivity index (χ1n) is 8.25. The molecule has 2 N–H and O–H groups in total. The summed E-state index contributed by atoms with van der Waals surface area (Å²) in [5, 5.41) is 5.71. The lowest BCUT2D eigenvalue weighted by atomic mass is 10.2. The first kappa shape index (κ1) is 16.8. The van der Waals surface area contributed by atoms with Crippen molar-refractivity contribution in [1.29, 1.82) is 0 Å². The first-order chi connectivity index (χ1) is 12.2. The van der Waals surface area contributed by atoms with Gasteiger partial charge in [0.25, 0.3) is 0 Å². The smallest absolute Gasteiger partial charge is 0.322 e. The number of hydrogen-bond donors (Lipinski definition) is 2. The Bertz CT molecular complexity index is 731. The molecule has 1 aliphatic rings. The minimum Gasteiger partial charge on any atom is -0.497 e. The second kappa shape index (κ2) is 7.70. The molecule has 6 nitrogen and oxygen atoms in total. The Morgan fingerprint density at radius 2 is 1.68 bits per heavy atom. The number of carbonyl (C=O) groups is 2. The van der Waals surface area contributed by atoms with Crippen LogP contribution in [0.3, 0.4) is 0 Å². The topological polar surface area (TPSA) is 70.7 Å². The van der Waals surface area contributed by atoms with Gasteiger partial charge in [-0.25, -0.2) is 4.79 Å². The van der Waals surface area contributed by atoms with Crippen LogP contribution in [0.2, 0.25) is 0 Å². The summed E-state index contributed by atoms with van der Waals surface area (Å²) >= 11 is 0. The van der Waals surface area contributed by atoms with Crippen LogP contribution in [0.1, 0.15) is 12.8 Å². The average Bonchev–Trinajstić information content (AvgIpc) is 3.13. The molecule has 0 unspecified atom stereocenters. The number of urea groups is 1. The number of para-hydroxylation sites is 1. The molecule has 0 radical (unpaired) electrons. The summed E-state index contributed by atoms with van der Waals surface area (Å²) < 4.78 is 5.11. The molecule has 6 heteroatoms. The molecule has 1 saturated heterocycles. The van der Waals surface area contributed by atoms with Crippen LogP contribution in [0.15, 0.2) is 54.6 Å². The van der Waals surface area contributed by atoms with Gasteiger partial charge in [0.05, 0.1) is 7.11 Å². The Labute approximate surface area is 146 Å². The van der Waals surface area contributed by atoms with Crippen molar-refractivity contribution in [2.75, 3.05) is 24.3 Å². The van der Waals surface area contributed by atoms with Crippen LogP contribution in [0, 0.1) is 0 Å². The van der Waals surface area contributed by atoms with Gasteiger partial charge in [-0.1, -0.05) is 18.2 Å². The van der Waals surface area contributed by atoms with E-state index in [0.29, 0.717) is 24.3 Å². The predicted octanol–water partition coefficient (Wildman–Crippen LogP) is 3.33. The molecule has 3 rings (SSSR count). The van der Waals surface area contributed by atoms with E-state index < -0.39 is 6.04 Å². The highest BCUT2D eigenvalue weighted by Crippen LogP contribution is 2.21. The molecular formula is C19H21N3O3. The van der Waals surface area contributed by atoms with Gasteiger partial charge in [0.15, 0.2) is 0 Å². The normalized spacial score (nSPS) is 16.4. The second-order valence-electron chi connectivity index (χ2n) is 5.87. The second-order valence-corrected chi connectivity index (χ2v) is 5.87. The molecule has 25 heavy (non-hydrogen) atoms. The van der Waals surface area contributed by atoms with Crippen molar-refractivity contribution >= 4 is 23.3 Å². The van der Waals surface area contributed by atoms with Crippen molar-refractivity contribution in [2.45, 2.75) is 18.9 Å². The molecule has 0 saturated carbocycles. The number of nitrogens with one attached hydrogen (secondary N) is 2. The van der Waals surface area contributed by atoms with Gasteiger partial charge in [0, 0.05) is 17.9 Å². The third kappa shape index (κ3) is 4.09. The van der Waals surface area contributed by atoms with Crippen LogP contribution >= 0.6 is 0 Å². The zero-order chi connectivity index (χ0) is 17.6. The van der Waals surface area contributed by atoms with E-state index in [4.69, 9.17) is 4.74 Å². The molecule has 130 valence electrons. The minimum absolute atomic E-state index is 0.175. The highest BCUT2D eigenvalue weighted by atomic mass is 16.5. The lowest BCUT2D eigenvalue weighted by Gasteiger charge is -2.24. The Hall–Kier alpha value is -3.02. The SMILES string of the molecule is COc1ccc(NC(=O)[C@@H]2CCCN2C(=O)Nc2ccccc2)cc1.